The van der Waals surface area contributed by atoms with E-state index in [1.807, 2.05) is 6.08 Å². The third-order valence-electron chi connectivity index (χ3n) is 13.3. The first-order valence-electron chi connectivity index (χ1n) is 22.6. The third kappa shape index (κ3) is 13.3. The van der Waals surface area contributed by atoms with Crippen molar-refractivity contribution in [1.82, 2.24) is 10.1 Å². The SMILES string of the molecule is C=C1/C(=C\C=C2/CCC[C@]3(C)[C@@H]([C@H](C)/C=C/[C@@H](O)C4(c5nc(CCC)no5)CC4)CC[C@@H]23)C[C@@H](O)C[C@@H]1O.O=C(O)c1ccccc1.O=C(O)c1ccccc1.O=C(O)c1ccccc1. The van der Waals surface area contributed by atoms with Crippen LogP contribution in [-0.2, 0) is 11.8 Å². The van der Waals surface area contributed by atoms with Crippen molar-refractivity contribution in [3.63, 3.8) is 0 Å². The van der Waals surface area contributed by atoms with Gasteiger partial charge in [-0.2, -0.15) is 4.98 Å². The summed E-state index contributed by atoms with van der Waals surface area (Å²) in [6, 6.07) is 24.9. The summed E-state index contributed by atoms with van der Waals surface area (Å²) in [5, 5.41) is 60.7. The molecule has 0 bridgehead atoms. The van der Waals surface area contributed by atoms with Crippen molar-refractivity contribution in [3.05, 3.63) is 167 Å². The molecule has 4 aliphatic rings. The number of carbonyl (C=O) groups is 3. The molecule has 4 aromatic rings. The number of aliphatic hydroxyl groups excluding tert-OH is 3. The van der Waals surface area contributed by atoms with Crippen LogP contribution in [0.2, 0.25) is 0 Å². The van der Waals surface area contributed by atoms with E-state index in [9.17, 15) is 29.7 Å². The number of fused-ring (bicyclic) bond motifs is 1. The minimum absolute atomic E-state index is 0.235. The number of aromatic carboxylic acids is 3. The zero-order valence-corrected chi connectivity index (χ0v) is 37.6. The fourth-order valence-corrected chi connectivity index (χ4v) is 9.50. The largest absolute Gasteiger partial charge is 0.478 e. The van der Waals surface area contributed by atoms with Gasteiger partial charge in [0, 0.05) is 12.8 Å². The lowest BCUT2D eigenvalue weighted by atomic mass is 9.61. The molecule has 65 heavy (non-hydrogen) atoms. The Labute approximate surface area is 381 Å². The lowest BCUT2D eigenvalue weighted by Gasteiger charge is -2.44. The van der Waals surface area contributed by atoms with Gasteiger partial charge in [0.25, 0.3) is 0 Å². The van der Waals surface area contributed by atoms with Crippen molar-refractivity contribution >= 4 is 17.9 Å². The van der Waals surface area contributed by atoms with Crippen LogP contribution >= 0.6 is 0 Å². The van der Waals surface area contributed by atoms with Crippen LogP contribution in [0.25, 0.3) is 0 Å². The summed E-state index contributed by atoms with van der Waals surface area (Å²) in [5.41, 5.74) is 4.06. The summed E-state index contributed by atoms with van der Waals surface area (Å²) in [4.78, 5) is 35.2. The molecule has 8 rings (SSSR count). The highest BCUT2D eigenvalue weighted by atomic mass is 16.5. The lowest BCUT2D eigenvalue weighted by Crippen LogP contribution is -2.35. The molecule has 7 atom stereocenters. The molecule has 1 heterocycles. The van der Waals surface area contributed by atoms with Gasteiger partial charge in [0.05, 0.1) is 40.4 Å². The number of rotatable bonds is 11. The second-order valence-corrected chi connectivity index (χ2v) is 17.8. The number of carboxylic acids is 3. The molecule has 12 heteroatoms. The van der Waals surface area contributed by atoms with E-state index in [4.69, 9.17) is 19.8 Å². The Balaban J connectivity index is 0.000000234. The van der Waals surface area contributed by atoms with E-state index in [0.717, 1.165) is 49.1 Å². The molecule has 0 amide bonds. The van der Waals surface area contributed by atoms with Crippen molar-refractivity contribution in [1.29, 1.82) is 0 Å². The molecular weight excluding hydrogens is 825 g/mol. The topological polar surface area (TPSA) is 212 Å². The van der Waals surface area contributed by atoms with E-state index in [1.165, 1.54) is 31.3 Å². The van der Waals surface area contributed by atoms with Gasteiger partial charge in [0.1, 0.15) is 0 Å². The third-order valence-corrected chi connectivity index (χ3v) is 13.3. The van der Waals surface area contributed by atoms with Gasteiger partial charge in [-0.15, -0.1) is 0 Å². The Morgan fingerprint density at radius 2 is 1.35 bits per heavy atom. The van der Waals surface area contributed by atoms with Crippen molar-refractivity contribution in [2.24, 2.45) is 23.2 Å². The first kappa shape index (κ1) is 50.1. The smallest absolute Gasteiger partial charge is 0.335 e. The quantitative estimate of drug-likeness (QED) is 0.0777. The van der Waals surface area contributed by atoms with Crippen LogP contribution in [0.3, 0.4) is 0 Å². The first-order valence-corrected chi connectivity index (χ1v) is 22.6. The Bertz CT molecular complexity index is 2160. The fourth-order valence-electron chi connectivity index (χ4n) is 9.50. The van der Waals surface area contributed by atoms with Crippen molar-refractivity contribution in [2.45, 2.75) is 115 Å². The van der Waals surface area contributed by atoms with Crippen LogP contribution in [0.15, 0.2) is 143 Å². The van der Waals surface area contributed by atoms with Crippen LogP contribution in [0.4, 0.5) is 0 Å². The van der Waals surface area contributed by atoms with Gasteiger partial charge in [-0.25, -0.2) is 14.4 Å². The number of aliphatic hydroxyl groups is 3. The second-order valence-electron chi connectivity index (χ2n) is 17.8. The molecule has 0 unspecified atom stereocenters. The summed E-state index contributed by atoms with van der Waals surface area (Å²) in [6.45, 7) is 11.0. The van der Waals surface area contributed by atoms with E-state index in [2.05, 4.69) is 55.7 Å². The van der Waals surface area contributed by atoms with E-state index >= 15 is 0 Å². The zero-order valence-electron chi connectivity index (χ0n) is 37.6. The monoisotopic (exact) mass is 888 g/mol. The summed E-state index contributed by atoms with van der Waals surface area (Å²) in [7, 11) is 0. The van der Waals surface area contributed by atoms with E-state index in [1.54, 1.807) is 91.0 Å². The molecule has 346 valence electrons. The van der Waals surface area contributed by atoms with Crippen LogP contribution in [-0.4, -0.2) is 77.0 Å². The van der Waals surface area contributed by atoms with Crippen LogP contribution in [0.1, 0.15) is 128 Å². The molecule has 0 aliphatic heterocycles. The molecule has 0 radical (unpaired) electrons. The Morgan fingerprint density at radius 1 is 0.815 bits per heavy atom. The second kappa shape index (κ2) is 23.3. The molecule has 4 aliphatic carbocycles. The Kier molecular flexibility index (Phi) is 17.9. The van der Waals surface area contributed by atoms with E-state index < -0.39 is 41.6 Å². The predicted octanol–water partition coefficient (Wildman–Crippen LogP) is 9.90. The molecule has 4 fully saturated rings. The predicted molar refractivity (Wildman–Crippen MR) is 248 cm³/mol. The van der Waals surface area contributed by atoms with Crippen molar-refractivity contribution < 1.29 is 49.5 Å². The molecule has 4 saturated carbocycles. The highest BCUT2D eigenvalue weighted by Gasteiger charge is 2.55. The molecule has 6 N–H and O–H groups in total. The van der Waals surface area contributed by atoms with Crippen LogP contribution in [0, 0.1) is 23.2 Å². The number of allylic oxidation sites excluding steroid dienone is 4. The van der Waals surface area contributed by atoms with Crippen molar-refractivity contribution in [2.75, 3.05) is 0 Å². The number of benzene rings is 3. The summed E-state index contributed by atoms with van der Waals surface area (Å²) in [5.74, 6) is 0.179. The Hall–Kier alpha value is -5.95. The molecule has 0 spiro atoms. The molecule has 12 nitrogen and oxygen atoms in total. The van der Waals surface area contributed by atoms with E-state index in [-0.39, 0.29) is 5.41 Å². The van der Waals surface area contributed by atoms with Gasteiger partial charge in [-0.05, 0) is 129 Å². The fraction of sp³-hybridized carbons (Fsp3) is 0.415. The van der Waals surface area contributed by atoms with Crippen LogP contribution < -0.4 is 0 Å². The van der Waals surface area contributed by atoms with E-state index in [0.29, 0.717) is 53.2 Å². The maximum atomic E-state index is 11.1. The summed E-state index contributed by atoms with van der Waals surface area (Å²) >= 11 is 0. The van der Waals surface area contributed by atoms with Crippen LogP contribution in [0.5, 0.6) is 0 Å². The number of aromatic nitrogens is 2. The highest BCUT2D eigenvalue weighted by Crippen LogP contribution is 2.60. The zero-order chi connectivity index (χ0) is 47.1. The summed E-state index contributed by atoms with van der Waals surface area (Å²) in [6.07, 6.45) is 17.3. The van der Waals surface area contributed by atoms with Gasteiger partial charge in [0.15, 0.2) is 5.82 Å². The van der Waals surface area contributed by atoms with Crippen molar-refractivity contribution in [3.8, 4) is 0 Å². The minimum atomic E-state index is -0.879. The average molecular weight is 889 g/mol. The van der Waals surface area contributed by atoms with Gasteiger partial charge in [0.2, 0.25) is 5.89 Å². The number of nitrogens with zero attached hydrogens (tertiary/aromatic N) is 2. The molecule has 3 aromatic carbocycles. The maximum Gasteiger partial charge on any atom is 0.335 e. The number of aryl methyl sites for hydroxylation is 1. The normalized spacial score (nSPS) is 25.1. The number of carboxylic acid groups (broad SMARTS) is 3. The Morgan fingerprint density at radius 3 is 1.83 bits per heavy atom. The summed E-state index contributed by atoms with van der Waals surface area (Å²) < 4.78 is 5.56. The number of hydrogen-bond donors (Lipinski definition) is 6. The van der Waals surface area contributed by atoms with Gasteiger partial charge < -0.3 is 35.2 Å². The van der Waals surface area contributed by atoms with Gasteiger partial charge in [-0.1, -0.05) is 117 Å². The molecule has 0 saturated heterocycles. The standard InChI is InChI=1S/C32H46N2O4.3C7H6O2/c1-5-7-29-33-30(38-34-29)32(16-17-32)28(37)14-9-20(2)25-12-13-26-22(8-6-15-31(25,26)4)10-11-23-18-24(35)19-27(36)21(23)3;3*8-7(9)6-4-2-1-3-5-6/h9-11,14,20,24-28,35-37H,3,5-8,12-13,15-19H2,1-2,4H3;3*1-5H,(H,8,9)/b14-9+,22-10+,23-11-;;;/t20-,24-,25-,26+,27+,28-,31-;;;/m1.../s1. The molecular formula is C53H64N2O10. The van der Waals surface area contributed by atoms with Gasteiger partial charge >= 0.3 is 17.9 Å². The number of hydrogen-bond acceptors (Lipinski definition) is 9. The van der Waals surface area contributed by atoms with Gasteiger partial charge in [-0.3, -0.25) is 0 Å². The maximum absolute atomic E-state index is 11.1. The average Bonchev–Trinajstić information content (AvgIpc) is 3.84. The molecule has 1 aromatic heterocycles. The minimum Gasteiger partial charge on any atom is -0.478 e. The first-order chi connectivity index (χ1) is 31.1. The highest BCUT2D eigenvalue weighted by molar-refractivity contribution is 5.88. The lowest BCUT2D eigenvalue weighted by molar-refractivity contribution is 0.0686.